The topological polar surface area (TPSA) is 31.6 Å². The molecule has 0 spiro atoms. The maximum atomic E-state index is 4.66. The van der Waals surface area contributed by atoms with Crippen LogP contribution in [0.5, 0.6) is 0 Å². The van der Waals surface area contributed by atoms with Crippen LogP contribution < -0.4 is 29.6 Å². The van der Waals surface area contributed by atoms with Crippen LogP contribution in [0.4, 0.5) is 0 Å². The van der Waals surface area contributed by atoms with Gasteiger partial charge in [-0.2, -0.15) is 0 Å². The van der Waals surface area contributed by atoms with Gasteiger partial charge in [0.05, 0.1) is 0 Å². The first-order chi connectivity index (χ1) is 2.89. The van der Waals surface area contributed by atoms with Gasteiger partial charge in [-0.05, 0) is 6.07 Å². The molecule has 0 unspecified atom stereocenters. The zero-order chi connectivity index (χ0) is 4.41. The molecule has 0 aromatic carbocycles. The Balaban J connectivity index is 0. The molecule has 0 radical (unpaired) electrons. The van der Waals surface area contributed by atoms with Crippen LogP contribution in [0.3, 0.4) is 0 Å². The molecule has 0 bridgehead atoms. The van der Waals surface area contributed by atoms with Gasteiger partial charge in [0.15, 0.2) is 0 Å². The second kappa shape index (κ2) is 3.43. The molecule has 34 valence electrons. The third-order valence-electron chi connectivity index (χ3n) is 0.513. The van der Waals surface area contributed by atoms with Crippen LogP contribution in [0.2, 0.25) is 0 Å². The quantitative estimate of drug-likeness (QED) is 0.310. The van der Waals surface area contributed by atoms with Gasteiger partial charge in [0.25, 0.3) is 0 Å². The van der Waals surface area contributed by atoms with E-state index in [1.807, 2.05) is 0 Å². The zero-order valence-electron chi connectivity index (χ0n) is 5.06. The van der Waals surface area contributed by atoms with Crippen molar-refractivity contribution >= 4 is 12.2 Å². The number of hydrogen-bond donors (Lipinski definition) is 2. The van der Waals surface area contributed by atoms with E-state index < -0.39 is 0 Å². The molecule has 1 aromatic heterocycles. The molecule has 0 aliphatic heterocycles. The summed E-state index contributed by atoms with van der Waals surface area (Å²) in [6, 6.07) is 1.79. The van der Waals surface area contributed by atoms with Gasteiger partial charge in [-0.15, -0.1) is 0 Å². The van der Waals surface area contributed by atoms with E-state index in [-0.39, 0.29) is 31.0 Å². The second-order valence-corrected chi connectivity index (χ2v) is 1.41. The third-order valence-corrected chi connectivity index (χ3v) is 0.752. The Labute approximate surface area is 70.1 Å². The maximum Gasteiger partial charge on any atom is 1.00 e. The SMILES string of the molecule is S=c1cc[nH][nH]1.[H-].[Na+]. The summed E-state index contributed by atoms with van der Waals surface area (Å²) < 4.78 is 0.745. The van der Waals surface area contributed by atoms with E-state index in [9.17, 15) is 0 Å². The molecule has 2 N–H and O–H groups in total. The zero-order valence-corrected chi connectivity index (χ0v) is 6.88. The Morgan fingerprint density at radius 2 is 2.43 bits per heavy atom. The van der Waals surface area contributed by atoms with E-state index in [1.54, 1.807) is 12.3 Å². The van der Waals surface area contributed by atoms with Gasteiger partial charge < -0.3 is 6.53 Å². The number of nitrogens with one attached hydrogen (secondary N) is 2. The molecule has 0 amide bonds. The standard InChI is InChI=1S/C3H4N2S.Na.H/c6-3-1-2-4-5-3;;/h1-2H,(H2,4,5,6);;/q;+1;-1. The minimum atomic E-state index is 0. The first-order valence-corrected chi connectivity index (χ1v) is 2.02. The molecule has 0 saturated carbocycles. The smallest absolute Gasteiger partial charge is 1.00 e. The van der Waals surface area contributed by atoms with Crippen molar-refractivity contribution in [2.45, 2.75) is 0 Å². The van der Waals surface area contributed by atoms with E-state index >= 15 is 0 Å². The van der Waals surface area contributed by atoms with E-state index in [1.165, 1.54) is 0 Å². The minimum absolute atomic E-state index is 0. The van der Waals surface area contributed by atoms with E-state index in [0.717, 1.165) is 4.64 Å². The summed E-state index contributed by atoms with van der Waals surface area (Å²) in [4.78, 5) is 0. The van der Waals surface area contributed by atoms with Crippen molar-refractivity contribution in [3.63, 3.8) is 0 Å². The Morgan fingerprint density at radius 1 is 1.71 bits per heavy atom. The molecule has 1 heterocycles. The summed E-state index contributed by atoms with van der Waals surface area (Å²) in [5.74, 6) is 0. The average Bonchev–Trinajstić information content (AvgIpc) is 1.86. The molecule has 7 heavy (non-hydrogen) atoms. The maximum absolute atomic E-state index is 4.66. The fourth-order valence-corrected chi connectivity index (χ4v) is 0.399. The molecule has 0 fully saturated rings. The molecule has 0 aliphatic carbocycles. The van der Waals surface area contributed by atoms with Crippen molar-refractivity contribution in [2.24, 2.45) is 0 Å². The largest absolute Gasteiger partial charge is 1.00 e. The molecule has 4 heteroatoms. The van der Waals surface area contributed by atoms with Gasteiger partial charge >= 0.3 is 29.6 Å². The Kier molecular flexibility index (Phi) is 3.65. The van der Waals surface area contributed by atoms with Gasteiger partial charge in [-0.25, -0.2) is 0 Å². The number of H-pyrrole nitrogens is 2. The van der Waals surface area contributed by atoms with Crippen molar-refractivity contribution in [1.29, 1.82) is 0 Å². The molecular weight excluding hydrogens is 119 g/mol. The predicted molar refractivity (Wildman–Crippen MR) is 27.1 cm³/mol. The summed E-state index contributed by atoms with van der Waals surface area (Å²) in [5.41, 5.74) is 0. The monoisotopic (exact) mass is 124 g/mol. The van der Waals surface area contributed by atoms with E-state index in [0.29, 0.717) is 0 Å². The van der Waals surface area contributed by atoms with Gasteiger partial charge in [-0.3, -0.25) is 5.10 Å². The van der Waals surface area contributed by atoms with Crippen molar-refractivity contribution in [3.05, 3.63) is 16.9 Å². The molecule has 0 atom stereocenters. The van der Waals surface area contributed by atoms with E-state index in [4.69, 9.17) is 0 Å². The van der Waals surface area contributed by atoms with Crippen molar-refractivity contribution < 1.29 is 31.0 Å². The van der Waals surface area contributed by atoms with E-state index in [2.05, 4.69) is 22.4 Å². The first-order valence-electron chi connectivity index (χ1n) is 1.61. The third kappa shape index (κ3) is 2.29. The van der Waals surface area contributed by atoms with Crippen LogP contribution in [-0.4, -0.2) is 10.2 Å². The average molecular weight is 124 g/mol. The number of aromatic amines is 2. The fraction of sp³-hybridized carbons (Fsp3) is 0. The summed E-state index contributed by atoms with van der Waals surface area (Å²) in [7, 11) is 0. The summed E-state index contributed by atoms with van der Waals surface area (Å²) >= 11 is 4.66. The molecular formula is C3H5N2NaS. The second-order valence-electron chi connectivity index (χ2n) is 0.967. The Morgan fingerprint density at radius 3 is 2.57 bits per heavy atom. The van der Waals surface area contributed by atoms with Crippen LogP contribution >= 0.6 is 12.2 Å². The Hall–Kier alpha value is 0.430. The van der Waals surface area contributed by atoms with Crippen LogP contribution in [0.15, 0.2) is 12.3 Å². The number of hydrogen-bond acceptors (Lipinski definition) is 1. The Bertz CT molecular complexity index is 155. The van der Waals surface area contributed by atoms with Gasteiger partial charge in [0.1, 0.15) is 4.64 Å². The van der Waals surface area contributed by atoms with Crippen molar-refractivity contribution in [1.82, 2.24) is 10.2 Å². The summed E-state index contributed by atoms with van der Waals surface area (Å²) in [5, 5.41) is 5.39. The molecule has 0 aliphatic rings. The molecule has 0 saturated heterocycles. The molecule has 1 rings (SSSR count). The van der Waals surface area contributed by atoms with Crippen LogP contribution in [0, 0.1) is 4.64 Å². The summed E-state index contributed by atoms with van der Waals surface area (Å²) in [6.45, 7) is 0. The van der Waals surface area contributed by atoms with Crippen LogP contribution in [-0.2, 0) is 0 Å². The number of aromatic nitrogens is 2. The van der Waals surface area contributed by atoms with Crippen molar-refractivity contribution in [3.8, 4) is 0 Å². The minimum Gasteiger partial charge on any atom is -1.00 e. The number of rotatable bonds is 0. The van der Waals surface area contributed by atoms with Gasteiger partial charge in [0, 0.05) is 6.20 Å². The fourth-order valence-electron chi connectivity index (χ4n) is 0.272. The summed E-state index contributed by atoms with van der Waals surface area (Å²) in [6.07, 6.45) is 1.75. The van der Waals surface area contributed by atoms with Crippen LogP contribution in [0.25, 0.3) is 0 Å². The van der Waals surface area contributed by atoms with Crippen molar-refractivity contribution in [2.75, 3.05) is 0 Å². The normalized spacial score (nSPS) is 7.43. The van der Waals surface area contributed by atoms with Gasteiger partial charge in [0.2, 0.25) is 0 Å². The molecule has 2 nitrogen and oxygen atoms in total. The van der Waals surface area contributed by atoms with Gasteiger partial charge in [-0.1, -0.05) is 12.2 Å². The molecule has 1 aromatic rings. The predicted octanol–water partition coefficient (Wildman–Crippen LogP) is -1.81. The first kappa shape index (κ1) is 7.43. The van der Waals surface area contributed by atoms with Crippen LogP contribution in [0.1, 0.15) is 1.43 Å².